The molecular formula is C18H24O3Si. The molecule has 2 aliphatic rings. The predicted molar refractivity (Wildman–Crippen MR) is 92.7 cm³/mol. The Kier molecular flexibility index (Phi) is 6.33. The maximum atomic E-state index is 5.85. The number of hydrogen-bond acceptors (Lipinski definition) is 3. The summed E-state index contributed by atoms with van der Waals surface area (Å²) in [6.07, 6.45) is 2.07. The normalized spacial score (nSPS) is 12.3. The predicted octanol–water partition coefficient (Wildman–Crippen LogP) is 4.39. The van der Waals surface area contributed by atoms with Gasteiger partial charge in [-0.1, -0.05) is 48.5 Å². The maximum Gasteiger partial charge on any atom is 0.529 e. The van der Waals surface area contributed by atoms with Crippen LogP contribution in [0.25, 0.3) is 17.2 Å². The summed E-state index contributed by atoms with van der Waals surface area (Å²) in [7, 11) is -2.74. The molecule has 0 fully saturated rings. The van der Waals surface area contributed by atoms with Crippen molar-refractivity contribution in [2.24, 2.45) is 0 Å². The fourth-order valence-electron chi connectivity index (χ4n) is 2.45. The molecule has 0 aromatic heterocycles. The highest BCUT2D eigenvalue weighted by molar-refractivity contribution is 6.67. The zero-order chi connectivity index (χ0) is 15.8. The molecule has 0 unspecified atom stereocenters. The van der Waals surface area contributed by atoms with Gasteiger partial charge in [0.1, 0.15) is 0 Å². The monoisotopic (exact) mass is 316 g/mol. The highest BCUT2D eigenvalue weighted by Gasteiger charge is 2.37. The minimum Gasteiger partial charge on any atom is -0.371 e. The van der Waals surface area contributed by atoms with E-state index in [2.05, 4.69) is 42.5 Å². The average Bonchev–Trinajstić information content (AvgIpc) is 2.73. The quantitative estimate of drug-likeness (QED) is 0.676. The van der Waals surface area contributed by atoms with E-state index >= 15 is 0 Å². The molecule has 0 radical (unpaired) electrons. The summed E-state index contributed by atoms with van der Waals surface area (Å²) in [6.45, 7) is 7.62. The van der Waals surface area contributed by atoms with Crippen molar-refractivity contribution in [1.29, 1.82) is 0 Å². The molecule has 2 aliphatic carbocycles. The number of fused-ring (bicyclic) bond motifs is 1. The van der Waals surface area contributed by atoms with Crippen molar-refractivity contribution in [1.82, 2.24) is 0 Å². The second kappa shape index (κ2) is 8.24. The first-order valence-electron chi connectivity index (χ1n) is 7.83. The van der Waals surface area contributed by atoms with Crippen LogP contribution in [0.5, 0.6) is 0 Å². The fraction of sp³-hybridized carbons (Fsp3) is 0.333. The van der Waals surface area contributed by atoms with Crippen molar-refractivity contribution in [2.75, 3.05) is 19.8 Å². The molecule has 4 heteroatoms. The third kappa shape index (κ3) is 4.05. The summed E-state index contributed by atoms with van der Waals surface area (Å²) in [5.41, 5.74) is 5.59. The molecule has 0 heterocycles. The average molecular weight is 316 g/mol. The third-order valence-corrected chi connectivity index (χ3v) is 5.98. The lowest BCUT2D eigenvalue weighted by Gasteiger charge is -2.25. The van der Waals surface area contributed by atoms with Crippen LogP contribution in [0.15, 0.2) is 48.2 Å². The first-order chi connectivity index (χ1) is 10.7. The van der Waals surface area contributed by atoms with Crippen LogP contribution in [0, 0.1) is 0 Å². The van der Waals surface area contributed by atoms with Crippen molar-refractivity contribution in [2.45, 2.75) is 20.8 Å². The molecule has 0 aromatic rings. The summed E-state index contributed by atoms with van der Waals surface area (Å²) in [4.78, 5) is 0. The van der Waals surface area contributed by atoms with E-state index in [0.29, 0.717) is 19.8 Å². The first kappa shape index (κ1) is 16.9. The van der Waals surface area contributed by atoms with E-state index in [0.717, 1.165) is 5.56 Å². The van der Waals surface area contributed by atoms with Gasteiger partial charge in [0.25, 0.3) is 0 Å². The first-order valence-corrected chi connectivity index (χ1v) is 9.63. The molecule has 0 N–H and O–H groups in total. The smallest absolute Gasteiger partial charge is 0.371 e. The highest BCUT2D eigenvalue weighted by Crippen LogP contribution is 2.28. The lowest BCUT2D eigenvalue weighted by Crippen LogP contribution is -2.44. The van der Waals surface area contributed by atoms with Gasteiger partial charge in [-0.3, -0.25) is 0 Å². The zero-order valence-corrected chi connectivity index (χ0v) is 14.5. The number of hydrogen-bond donors (Lipinski definition) is 0. The van der Waals surface area contributed by atoms with E-state index < -0.39 is 8.80 Å². The van der Waals surface area contributed by atoms with Crippen molar-refractivity contribution in [3.05, 3.63) is 53.7 Å². The lowest BCUT2D eigenvalue weighted by atomic mass is 10.1. The van der Waals surface area contributed by atoms with Crippen LogP contribution in [0.1, 0.15) is 26.3 Å². The van der Waals surface area contributed by atoms with Crippen LogP contribution in [0.3, 0.4) is 0 Å². The van der Waals surface area contributed by atoms with Crippen molar-refractivity contribution >= 4 is 14.9 Å². The van der Waals surface area contributed by atoms with Crippen LogP contribution in [0.4, 0.5) is 0 Å². The summed E-state index contributed by atoms with van der Waals surface area (Å²) >= 11 is 0. The van der Waals surface area contributed by atoms with Gasteiger partial charge in [0.15, 0.2) is 0 Å². The van der Waals surface area contributed by atoms with Crippen LogP contribution in [-0.4, -0.2) is 28.6 Å². The van der Waals surface area contributed by atoms with E-state index in [1.54, 1.807) is 0 Å². The van der Waals surface area contributed by atoms with Crippen LogP contribution in [-0.2, 0) is 13.3 Å². The maximum absolute atomic E-state index is 5.85. The Bertz CT molecular complexity index is 565. The molecule has 0 spiro atoms. The van der Waals surface area contributed by atoms with Gasteiger partial charge in [0.05, 0.1) is 0 Å². The molecule has 0 saturated heterocycles. The Morgan fingerprint density at radius 2 is 1.45 bits per heavy atom. The van der Waals surface area contributed by atoms with Gasteiger partial charge in [-0.2, -0.15) is 0 Å². The second-order valence-electron chi connectivity index (χ2n) is 4.80. The van der Waals surface area contributed by atoms with E-state index in [1.807, 2.05) is 32.5 Å². The molecule has 0 aliphatic heterocycles. The Labute approximate surface area is 134 Å². The van der Waals surface area contributed by atoms with Crippen molar-refractivity contribution in [3.63, 3.8) is 0 Å². The zero-order valence-electron chi connectivity index (χ0n) is 13.5. The Morgan fingerprint density at radius 1 is 0.818 bits per heavy atom. The third-order valence-electron chi connectivity index (χ3n) is 3.33. The molecule has 0 bridgehead atoms. The van der Waals surface area contributed by atoms with Gasteiger partial charge in [-0.15, -0.1) is 0 Å². The highest BCUT2D eigenvalue weighted by atomic mass is 28.4. The second-order valence-corrected chi connectivity index (χ2v) is 7.21. The molecule has 22 heavy (non-hydrogen) atoms. The van der Waals surface area contributed by atoms with Gasteiger partial charge in [0, 0.05) is 19.8 Å². The standard InChI is InChI=1S/C18H24O3Si/c1-4-19-22(20-5-2,21-6-3)15-14-17-13-12-16-10-8-7-9-11-18(16)17/h7-15H,4-6H2,1-3H3/b15-14+. The van der Waals surface area contributed by atoms with Crippen LogP contribution < -0.4 is 0 Å². The molecule has 2 rings (SSSR count). The van der Waals surface area contributed by atoms with E-state index in [-0.39, 0.29) is 0 Å². The van der Waals surface area contributed by atoms with Crippen LogP contribution >= 0.6 is 0 Å². The van der Waals surface area contributed by atoms with E-state index in [1.165, 1.54) is 11.1 Å². The minimum atomic E-state index is -2.74. The molecule has 0 saturated carbocycles. The van der Waals surface area contributed by atoms with Gasteiger partial charge in [-0.25, -0.2) is 0 Å². The van der Waals surface area contributed by atoms with Gasteiger partial charge >= 0.3 is 8.80 Å². The SMILES string of the molecule is CCO[Si](/C=C/c1ccc2cccccc1-2)(OCC)OCC. The van der Waals surface area contributed by atoms with Crippen LogP contribution in [0.2, 0.25) is 0 Å². The molecule has 0 atom stereocenters. The minimum absolute atomic E-state index is 0.577. The molecular weight excluding hydrogens is 292 g/mol. The Morgan fingerprint density at radius 3 is 2.09 bits per heavy atom. The molecule has 0 amide bonds. The van der Waals surface area contributed by atoms with Gasteiger partial charge in [-0.05, 0) is 43.2 Å². The van der Waals surface area contributed by atoms with Crippen molar-refractivity contribution < 1.29 is 13.3 Å². The molecule has 118 valence electrons. The number of rotatable bonds is 8. The largest absolute Gasteiger partial charge is 0.529 e. The fourth-order valence-corrected chi connectivity index (χ4v) is 4.58. The van der Waals surface area contributed by atoms with E-state index in [9.17, 15) is 0 Å². The van der Waals surface area contributed by atoms with Gasteiger partial charge in [0.2, 0.25) is 0 Å². The Hall–Kier alpha value is -1.46. The van der Waals surface area contributed by atoms with Crippen molar-refractivity contribution in [3.8, 4) is 11.1 Å². The topological polar surface area (TPSA) is 27.7 Å². The summed E-state index contributed by atoms with van der Waals surface area (Å²) in [5, 5.41) is 0. The lowest BCUT2D eigenvalue weighted by molar-refractivity contribution is 0.0845. The van der Waals surface area contributed by atoms with Gasteiger partial charge < -0.3 is 13.3 Å². The molecule has 3 nitrogen and oxygen atoms in total. The van der Waals surface area contributed by atoms with E-state index in [4.69, 9.17) is 13.3 Å². The molecule has 0 aromatic carbocycles. The summed E-state index contributed by atoms with van der Waals surface area (Å²) < 4.78 is 17.5. The summed E-state index contributed by atoms with van der Waals surface area (Å²) in [5.74, 6) is 0. The Balaban J connectivity index is 2.30. The summed E-state index contributed by atoms with van der Waals surface area (Å²) in [6, 6.07) is 14.6.